The highest BCUT2D eigenvalue weighted by Crippen LogP contribution is 2.34. The monoisotopic (exact) mass is 462 g/mol. The molecule has 11 heteroatoms. The van der Waals surface area contributed by atoms with Gasteiger partial charge in [-0.1, -0.05) is 12.5 Å². The third-order valence-corrected chi connectivity index (χ3v) is 7.45. The van der Waals surface area contributed by atoms with Crippen molar-refractivity contribution in [2.75, 3.05) is 10.5 Å². The van der Waals surface area contributed by atoms with E-state index in [9.17, 15) is 22.7 Å². The summed E-state index contributed by atoms with van der Waals surface area (Å²) in [6, 6.07) is 6.45. The molecule has 0 aliphatic heterocycles. The predicted molar refractivity (Wildman–Crippen MR) is 115 cm³/mol. The maximum absolute atomic E-state index is 15.3. The van der Waals surface area contributed by atoms with E-state index in [0.29, 0.717) is 23.7 Å². The summed E-state index contributed by atoms with van der Waals surface area (Å²) >= 11 is 0. The topological polar surface area (TPSA) is 135 Å². The van der Waals surface area contributed by atoms with E-state index in [1.807, 2.05) is 0 Å². The Morgan fingerprint density at radius 1 is 1.19 bits per heavy atom. The molecule has 2 unspecified atom stereocenters. The first kappa shape index (κ1) is 21.9. The maximum Gasteiger partial charge on any atom is 0.306 e. The number of halogens is 2. The quantitative estimate of drug-likeness (QED) is 0.528. The average molecular weight is 462 g/mol. The number of rotatable bonds is 5. The average Bonchev–Trinajstić information content (AvgIpc) is 2.76. The van der Waals surface area contributed by atoms with E-state index in [0.717, 1.165) is 12.1 Å². The minimum absolute atomic E-state index is 0.0614. The Morgan fingerprint density at radius 3 is 2.72 bits per heavy atom. The third-order valence-electron chi connectivity index (χ3n) is 5.64. The Balaban J connectivity index is 1.68. The number of hydrogen-bond acceptors (Lipinski definition) is 6. The smallest absolute Gasteiger partial charge is 0.306 e. The number of fused-ring (bicyclic) bond motifs is 1. The van der Waals surface area contributed by atoms with Crippen molar-refractivity contribution in [3.05, 3.63) is 48.2 Å². The molecule has 0 bridgehead atoms. The molecule has 0 spiro atoms. The summed E-state index contributed by atoms with van der Waals surface area (Å²) < 4.78 is 57.7. The van der Waals surface area contributed by atoms with Gasteiger partial charge in [-0.05, 0) is 49.1 Å². The molecule has 3 aromatic rings. The number of aliphatic carboxylic acids is 1. The van der Waals surface area contributed by atoms with Gasteiger partial charge in [-0.3, -0.25) is 9.52 Å². The molecule has 1 fully saturated rings. The molecule has 4 rings (SSSR count). The molecule has 0 amide bonds. The first-order valence-electron chi connectivity index (χ1n) is 9.91. The molecule has 1 aromatic heterocycles. The van der Waals surface area contributed by atoms with Crippen molar-refractivity contribution in [2.24, 2.45) is 5.92 Å². The highest BCUT2D eigenvalue weighted by molar-refractivity contribution is 7.93. The van der Waals surface area contributed by atoms with Crippen molar-refractivity contribution in [3.63, 3.8) is 0 Å². The first-order chi connectivity index (χ1) is 15.2. The lowest BCUT2D eigenvalue weighted by Crippen LogP contribution is -2.35. The second-order valence-corrected chi connectivity index (χ2v) is 9.72. The zero-order chi connectivity index (χ0) is 23.0. The molecule has 32 heavy (non-hydrogen) atoms. The van der Waals surface area contributed by atoms with Crippen LogP contribution in [0.3, 0.4) is 0 Å². The third kappa shape index (κ3) is 4.20. The van der Waals surface area contributed by atoms with Gasteiger partial charge in [0.2, 0.25) is 16.0 Å². The summed E-state index contributed by atoms with van der Waals surface area (Å²) in [6.07, 6.45) is 2.46. The Hall–Kier alpha value is -3.34. The molecule has 168 valence electrons. The number of nitrogen functional groups attached to an aromatic ring is 1. The molecule has 2 atom stereocenters. The van der Waals surface area contributed by atoms with E-state index in [1.165, 1.54) is 24.4 Å². The highest BCUT2D eigenvalue weighted by atomic mass is 32.2. The largest absolute Gasteiger partial charge is 0.481 e. The normalized spacial score (nSPS) is 19.1. The van der Waals surface area contributed by atoms with Gasteiger partial charge >= 0.3 is 5.97 Å². The summed E-state index contributed by atoms with van der Waals surface area (Å²) in [5, 5.41) is 8.73. The lowest BCUT2D eigenvalue weighted by Gasteiger charge is -2.27. The number of nitrogens with two attached hydrogens (primary N) is 1. The van der Waals surface area contributed by atoms with Crippen LogP contribution in [0.5, 0.6) is 0 Å². The molecule has 1 aliphatic rings. The minimum Gasteiger partial charge on any atom is -0.481 e. The van der Waals surface area contributed by atoms with Crippen LogP contribution in [0.15, 0.2) is 36.5 Å². The van der Waals surface area contributed by atoms with Gasteiger partial charge in [0.1, 0.15) is 5.82 Å². The number of sulfonamides is 1. The highest BCUT2D eigenvalue weighted by Gasteiger charge is 2.35. The molecular formula is C21H20F2N4O4S. The van der Waals surface area contributed by atoms with Gasteiger partial charge in [-0.25, -0.2) is 27.2 Å². The van der Waals surface area contributed by atoms with Crippen LogP contribution in [-0.4, -0.2) is 34.7 Å². The summed E-state index contributed by atoms with van der Waals surface area (Å²) in [6.45, 7) is 0. The Morgan fingerprint density at radius 2 is 1.97 bits per heavy atom. The van der Waals surface area contributed by atoms with E-state index in [-0.39, 0.29) is 24.4 Å². The summed E-state index contributed by atoms with van der Waals surface area (Å²) in [5.74, 6) is -3.71. The van der Waals surface area contributed by atoms with Crippen LogP contribution in [0.25, 0.3) is 22.0 Å². The van der Waals surface area contributed by atoms with Gasteiger partial charge in [-0.15, -0.1) is 0 Å². The van der Waals surface area contributed by atoms with Crippen LogP contribution in [-0.2, 0) is 14.8 Å². The van der Waals surface area contributed by atoms with Crippen LogP contribution < -0.4 is 10.5 Å². The number of carbonyl (C=O) groups is 1. The number of carboxylic acids is 1. The lowest BCUT2D eigenvalue weighted by atomic mass is 9.89. The number of benzene rings is 2. The van der Waals surface area contributed by atoms with Crippen molar-refractivity contribution < 1.29 is 27.1 Å². The molecule has 8 nitrogen and oxygen atoms in total. The molecule has 1 heterocycles. The van der Waals surface area contributed by atoms with E-state index in [4.69, 9.17) is 5.73 Å². The van der Waals surface area contributed by atoms with Gasteiger partial charge in [0.05, 0.1) is 27.9 Å². The second-order valence-electron chi connectivity index (χ2n) is 7.76. The fraction of sp³-hybridized carbons (Fsp3) is 0.286. The van der Waals surface area contributed by atoms with Crippen LogP contribution in [0.1, 0.15) is 25.7 Å². The number of aromatic nitrogens is 2. The number of anilines is 2. The van der Waals surface area contributed by atoms with Crippen molar-refractivity contribution in [1.82, 2.24) is 9.97 Å². The van der Waals surface area contributed by atoms with Crippen molar-refractivity contribution >= 4 is 38.5 Å². The molecular weight excluding hydrogens is 442 g/mol. The molecule has 0 saturated heterocycles. The minimum atomic E-state index is -4.09. The Kier molecular flexibility index (Phi) is 5.68. The zero-order valence-electron chi connectivity index (χ0n) is 16.8. The number of carboxylic acid groups (broad SMARTS) is 1. The van der Waals surface area contributed by atoms with E-state index < -0.39 is 50.0 Å². The van der Waals surface area contributed by atoms with Gasteiger partial charge in [0, 0.05) is 11.6 Å². The summed E-state index contributed by atoms with van der Waals surface area (Å²) in [4.78, 5) is 19.2. The van der Waals surface area contributed by atoms with Gasteiger partial charge in [-0.2, -0.15) is 0 Å². The van der Waals surface area contributed by atoms with Gasteiger partial charge in [0.15, 0.2) is 5.82 Å². The lowest BCUT2D eigenvalue weighted by molar-refractivity contribution is -0.142. The SMILES string of the molecule is Nc1ncc2cc(-c3c(F)ccc(NS(=O)(=O)C4CCCC(C(=O)O)C4)c3F)ccc2n1. The van der Waals surface area contributed by atoms with E-state index in [2.05, 4.69) is 14.7 Å². The van der Waals surface area contributed by atoms with Crippen LogP contribution in [0.2, 0.25) is 0 Å². The molecule has 2 aromatic carbocycles. The molecule has 1 saturated carbocycles. The summed E-state index contributed by atoms with van der Waals surface area (Å²) in [7, 11) is -4.09. The van der Waals surface area contributed by atoms with Crippen LogP contribution >= 0.6 is 0 Å². The van der Waals surface area contributed by atoms with Gasteiger partial charge < -0.3 is 10.8 Å². The summed E-state index contributed by atoms with van der Waals surface area (Å²) in [5.41, 5.74) is 5.39. The van der Waals surface area contributed by atoms with Crippen molar-refractivity contribution in [3.8, 4) is 11.1 Å². The molecule has 0 radical (unpaired) electrons. The van der Waals surface area contributed by atoms with Crippen molar-refractivity contribution in [1.29, 1.82) is 0 Å². The number of nitrogens with one attached hydrogen (secondary N) is 1. The van der Waals surface area contributed by atoms with Gasteiger partial charge in [0.25, 0.3) is 0 Å². The Labute approximate surface area is 182 Å². The zero-order valence-corrected chi connectivity index (χ0v) is 17.6. The first-order valence-corrected chi connectivity index (χ1v) is 11.5. The van der Waals surface area contributed by atoms with Crippen LogP contribution in [0.4, 0.5) is 20.4 Å². The number of hydrogen-bond donors (Lipinski definition) is 3. The fourth-order valence-corrected chi connectivity index (χ4v) is 5.58. The fourth-order valence-electron chi connectivity index (χ4n) is 3.99. The molecule has 4 N–H and O–H groups in total. The number of nitrogens with zero attached hydrogens (tertiary/aromatic N) is 2. The maximum atomic E-state index is 15.3. The Bertz CT molecular complexity index is 1320. The van der Waals surface area contributed by atoms with E-state index >= 15 is 4.39 Å². The van der Waals surface area contributed by atoms with E-state index in [1.54, 1.807) is 0 Å². The van der Waals surface area contributed by atoms with Crippen molar-refractivity contribution in [2.45, 2.75) is 30.9 Å². The standard InChI is InChI=1S/C21H20F2N4O4S/c22-15-5-7-17(27-32(30,31)14-3-1-2-12(9-14)20(28)29)19(23)18(15)11-4-6-16-13(8-11)10-25-21(24)26-16/h4-8,10,12,14,27H,1-3,9H2,(H,28,29)(H2,24,25,26). The second kappa shape index (κ2) is 8.30. The van der Waals surface area contributed by atoms with Crippen LogP contribution in [0, 0.1) is 17.6 Å². The molecule has 1 aliphatic carbocycles. The predicted octanol–water partition coefficient (Wildman–Crippen LogP) is 3.54.